The van der Waals surface area contributed by atoms with E-state index in [1.54, 1.807) is 18.3 Å². The van der Waals surface area contributed by atoms with Crippen LogP contribution >= 0.6 is 11.6 Å². The van der Waals surface area contributed by atoms with E-state index < -0.39 is 23.6 Å². The van der Waals surface area contributed by atoms with Gasteiger partial charge >= 0.3 is 18.0 Å². The van der Waals surface area contributed by atoms with Crippen LogP contribution in [0.4, 0.5) is 18.9 Å². The Bertz CT molecular complexity index is 1040. The van der Waals surface area contributed by atoms with Crippen LogP contribution in [0.5, 0.6) is 0 Å². The van der Waals surface area contributed by atoms with Gasteiger partial charge in [0.05, 0.1) is 27.5 Å². The minimum atomic E-state index is -4.54. The van der Waals surface area contributed by atoms with Gasteiger partial charge in [-0.05, 0) is 18.2 Å². The molecule has 0 atom stereocenters. The highest BCUT2D eigenvalue weighted by Crippen LogP contribution is 2.31. The summed E-state index contributed by atoms with van der Waals surface area (Å²) in [5.74, 6) is -1.81. The number of aromatic amines is 1. The second-order valence-corrected chi connectivity index (χ2v) is 6.12. The molecular weight excluding hydrogens is 399 g/mol. The van der Waals surface area contributed by atoms with E-state index in [9.17, 15) is 22.8 Å². The molecule has 0 saturated carbocycles. The molecule has 11 heteroatoms. The van der Waals surface area contributed by atoms with Gasteiger partial charge in [-0.1, -0.05) is 11.6 Å². The molecule has 3 aromatic heterocycles. The zero-order valence-electron chi connectivity index (χ0n) is 14.1. The molecule has 0 unspecified atom stereocenters. The van der Waals surface area contributed by atoms with Gasteiger partial charge in [0.2, 0.25) is 0 Å². The van der Waals surface area contributed by atoms with Crippen molar-refractivity contribution in [2.24, 2.45) is 0 Å². The summed E-state index contributed by atoms with van der Waals surface area (Å²) < 4.78 is 37.8. The lowest BCUT2D eigenvalue weighted by atomic mass is 10.2. The van der Waals surface area contributed by atoms with E-state index in [-0.39, 0.29) is 23.7 Å². The largest absolute Gasteiger partial charge is 0.417 e. The monoisotopic (exact) mass is 411 g/mol. The summed E-state index contributed by atoms with van der Waals surface area (Å²) in [5.41, 5.74) is 0.766. The fraction of sp³-hybridized carbons (Fsp3) is 0.176. The van der Waals surface area contributed by atoms with Crippen molar-refractivity contribution < 1.29 is 22.8 Å². The van der Waals surface area contributed by atoms with Crippen molar-refractivity contribution in [3.05, 3.63) is 53.1 Å². The molecule has 0 spiro atoms. The fourth-order valence-corrected chi connectivity index (χ4v) is 2.67. The third-order valence-electron chi connectivity index (χ3n) is 3.78. The number of nitrogens with one attached hydrogen (secondary N) is 3. The highest BCUT2D eigenvalue weighted by Gasteiger charge is 2.31. The summed E-state index contributed by atoms with van der Waals surface area (Å²) in [4.78, 5) is 34.6. The summed E-state index contributed by atoms with van der Waals surface area (Å²) in [6.45, 7) is -0.0313. The molecular formula is C17H13ClF3N5O2. The minimum absolute atomic E-state index is 0.0313. The lowest BCUT2D eigenvalue weighted by molar-refractivity contribution is -0.137. The zero-order valence-corrected chi connectivity index (χ0v) is 14.9. The molecule has 0 aliphatic rings. The van der Waals surface area contributed by atoms with Crippen LogP contribution in [0.15, 0.2) is 36.8 Å². The predicted octanol–water partition coefficient (Wildman–Crippen LogP) is 2.93. The predicted molar refractivity (Wildman–Crippen MR) is 95.7 cm³/mol. The molecule has 2 amide bonds. The number of amides is 2. The first-order valence-corrected chi connectivity index (χ1v) is 8.36. The smallest absolute Gasteiger partial charge is 0.358 e. The zero-order chi connectivity index (χ0) is 20.3. The Morgan fingerprint density at radius 3 is 2.71 bits per heavy atom. The summed E-state index contributed by atoms with van der Waals surface area (Å²) in [6, 6.07) is 4.25. The third kappa shape index (κ3) is 4.39. The Morgan fingerprint density at radius 2 is 2.00 bits per heavy atom. The average Bonchev–Trinajstić information content (AvgIpc) is 3.05. The highest BCUT2D eigenvalue weighted by atomic mass is 35.5. The molecule has 0 aliphatic carbocycles. The fourth-order valence-electron chi connectivity index (χ4n) is 2.41. The standard InChI is InChI=1S/C17H13ClF3N5O2/c18-10-6-9(17(19,20)21)7-24-11(10)3-5-23-15(27)16(28)26-13-8-25-12-2-1-4-22-14(12)13/h1-2,4,6-8,25H,3,5H2,(H,23,27)(H,26,28). The second kappa shape index (κ2) is 7.85. The molecule has 0 aromatic carbocycles. The third-order valence-corrected chi connectivity index (χ3v) is 4.11. The van der Waals surface area contributed by atoms with Crippen molar-refractivity contribution in [2.75, 3.05) is 11.9 Å². The average molecular weight is 412 g/mol. The van der Waals surface area contributed by atoms with Crippen molar-refractivity contribution >= 4 is 40.1 Å². The van der Waals surface area contributed by atoms with Gasteiger partial charge in [-0.15, -0.1) is 0 Å². The summed E-state index contributed by atoms with van der Waals surface area (Å²) in [5, 5.41) is 4.63. The number of carbonyl (C=O) groups excluding carboxylic acids is 2. The molecule has 0 bridgehead atoms. The molecule has 3 N–H and O–H groups in total. The molecule has 0 aliphatic heterocycles. The Balaban J connectivity index is 1.55. The minimum Gasteiger partial charge on any atom is -0.358 e. The number of pyridine rings is 2. The number of anilines is 1. The number of alkyl halides is 3. The van der Waals surface area contributed by atoms with E-state index >= 15 is 0 Å². The first-order valence-electron chi connectivity index (χ1n) is 7.98. The number of fused-ring (bicyclic) bond motifs is 1. The first-order chi connectivity index (χ1) is 13.3. The lowest BCUT2D eigenvalue weighted by Gasteiger charge is -2.09. The van der Waals surface area contributed by atoms with Crippen molar-refractivity contribution in [1.29, 1.82) is 0 Å². The van der Waals surface area contributed by atoms with E-state index in [2.05, 4.69) is 25.6 Å². The molecule has 146 valence electrons. The van der Waals surface area contributed by atoms with Gasteiger partial charge in [-0.3, -0.25) is 19.6 Å². The van der Waals surface area contributed by atoms with Crippen LogP contribution in [0.1, 0.15) is 11.3 Å². The Labute approximate surface area is 161 Å². The van der Waals surface area contributed by atoms with Gasteiger partial charge < -0.3 is 15.6 Å². The van der Waals surface area contributed by atoms with Gasteiger partial charge in [0.15, 0.2) is 0 Å². The van der Waals surface area contributed by atoms with Crippen LogP contribution in [0.3, 0.4) is 0 Å². The molecule has 0 saturated heterocycles. The molecule has 3 aromatic rings. The van der Waals surface area contributed by atoms with E-state index in [0.717, 1.165) is 6.07 Å². The summed E-state index contributed by atoms with van der Waals surface area (Å²) in [7, 11) is 0. The van der Waals surface area contributed by atoms with E-state index in [1.807, 2.05) is 0 Å². The number of hydrogen-bond donors (Lipinski definition) is 3. The van der Waals surface area contributed by atoms with Crippen LogP contribution < -0.4 is 10.6 Å². The SMILES string of the molecule is O=C(NCCc1ncc(C(F)(F)F)cc1Cl)C(=O)Nc1c[nH]c2cccnc12. The lowest BCUT2D eigenvalue weighted by Crippen LogP contribution is -2.36. The molecule has 28 heavy (non-hydrogen) atoms. The number of hydrogen-bond acceptors (Lipinski definition) is 4. The van der Waals surface area contributed by atoms with Crippen molar-refractivity contribution in [1.82, 2.24) is 20.3 Å². The summed E-state index contributed by atoms with van der Waals surface area (Å²) in [6.07, 6.45) is -0.759. The summed E-state index contributed by atoms with van der Waals surface area (Å²) >= 11 is 5.80. The maximum absolute atomic E-state index is 12.6. The van der Waals surface area contributed by atoms with Crippen LogP contribution in [0.2, 0.25) is 5.02 Å². The van der Waals surface area contributed by atoms with Crippen molar-refractivity contribution in [3.63, 3.8) is 0 Å². The number of halogens is 4. The molecule has 3 rings (SSSR count). The number of carbonyl (C=O) groups is 2. The van der Waals surface area contributed by atoms with E-state index in [4.69, 9.17) is 11.6 Å². The molecule has 0 radical (unpaired) electrons. The van der Waals surface area contributed by atoms with E-state index in [1.165, 1.54) is 6.20 Å². The number of H-pyrrole nitrogens is 1. The maximum atomic E-state index is 12.6. The normalized spacial score (nSPS) is 11.4. The number of rotatable bonds is 4. The Hall–Kier alpha value is -3.14. The van der Waals surface area contributed by atoms with E-state index in [0.29, 0.717) is 22.9 Å². The topological polar surface area (TPSA) is 99.8 Å². The van der Waals surface area contributed by atoms with Gasteiger partial charge in [0.1, 0.15) is 5.52 Å². The Kier molecular flexibility index (Phi) is 5.50. The Morgan fingerprint density at radius 1 is 1.21 bits per heavy atom. The highest BCUT2D eigenvalue weighted by molar-refractivity contribution is 6.40. The second-order valence-electron chi connectivity index (χ2n) is 5.71. The quantitative estimate of drug-likeness (QED) is 0.575. The number of nitrogens with zero attached hydrogens (tertiary/aromatic N) is 2. The molecule has 7 nitrogen and oxygen atoms in total. The van der Waals surface area contributed by atoms with Gasteiger partial charge in [0, 0.05) is 31.6 Å². The van der Waals surface area contributed by atoms with Crippen LogP contribution in [-0.2, 0) is 22.2 Å². The first kappa shape index (κ1) is 19.6. The maximum Gasteiger partial charge on any atom is 0.417 e. The van der Waals surface area contributed by atoms with Gasteiger partial charge in [-0.25, -0.2) is 0 Å². The molecule has 3 heterocycles. The molecule has 0 fully saturated rings. The van der Waals surface area contributed by atoms with Crippen molar-refractivity contribution in [2.45, 2.75) is 12.6 Å². The van der Waals surface area contributed by atoms with Crippen LogP contribution in [-0.4, -0.2) is 33.3 Å². The van der Waals surface area contributed by atoms with Gasteiger partial charge in [-0.2, -0.15) is 13.2 Å². The van der Waals surface area contributed by atoms with Crippen LogP contribution in [0, 0.1) is 0 Å². The van der Waals surface area contributed by atoms with Crippen LogP contribution in [0.25, 0.3) is 11.0 Å². The number of aromatic nitrogens is 3. The van der Waals surface area contributed by atoms with Gasteiger partial charge in [0.25, 0.3) is 0 Å². The van der Waals surface area contributed by atoms with Crippen molar-refractivity contribution in [3.8, 4) is 0 Å².